The van der Waals surface area contributed by atoms with Gasteiger partial charge in [-0.15, -0.1) is 0 Å². The quantitative estimate of drug-likeness (QED) is 0.892. The van der Waals surface area contributed by atoms with Crippen LogP contribution in [-0.4, -0.2) is 36.5 Å². The minimum atomic E-state index is -0.849. The molecule has 1 aliphatic rings. The van der Waals surface area contributed by atoms with Crippen molar-refractivity contribution in [3.63, 3.8) is 0 Å². The first-order valence-electron chi connectivity index (χ1n) is 8.41. The van der Waals surface area contributed by atoms with Gasteiger partial charge < -0.3 is 15.2 Å². The van der Waals surface area contributed by atoms with E-state index in [1.54, 1.807) is 0 Å². The van der Waals surface area contributed by atoms with Crippen molar-refractivity contribution in [2.45, 2.75) is 31.5 Å². The third kappa shape index (κ3) is 3.63. The number of morpholine rings is 1. The predicted molar refractivity (Wildman–Crippen MR) is 93.4 cm³/mol. The van der Waals surface area contributed by atoms with Crippen molar-refractivity contribution in [1.82, 2.24) is 5.32 Å². The number of rotatable bonds is 5. The van der Waals surface area contributed by atoms with Crippen LogP contribution in [0.5, 0.6) is 0 Å². The largest absolute Gasteiger partial charge is 0.387 e. The molecule has 3 heteroatoms. The van der Waals surface area contributed by atoms with Gasteiger partial charge in [0.05, 0.1) is 18.3 Å². The number of hydrogen-bond acceptors (Lipinski definition) is 3. The van der Waals surface area contributed by atoms with Crippen molar-refractivity contribution in [1.29, 1.82) is 0 Å². The summed E-state index contributed by atoms with van der Waals surface area (Å²) in [5.41, 5.74) is 2.68. The van der Waals surface area contributed by atoms with Gasteiger partial charge in [0.2, 0.25) is 0 Å². The van der Waals surface area contributed by atoms with Crippen molar-refractivity contribution in [2.75, 3.05) is 19.7 Å². The second-order valence-corrected chi connectivity index (χ2v) is 6.22. The topological polar surface area (TPSA) is 41.5 Å². The van der Waals surface area contributed by atoms with E-state index in [-0.39, 0.29) is 6.10 Å². The highest BCUT2D eigenvalue weighted by atomic mass is 16.5. The first-order valence-corrected chi connectivity index (χ1v) is 8.41. The third-order valence-electron chi connectivity index (χ3n) is 4.74. The van der Waals surface area contributed by atoms with E-state index in [9.17, 15) is 5.11 Å². The lowest BCUT2D eigenvalue weighted by molar-refractivity contribution is -0.120. The highest BCUT2D eigenvalue weighted by Crippen LogP contribution is 2.30. The van der Waals surface area contributed by atoms with Gasteiger partial charge in [-0.25, -0.2) is 0 Å². The maximum atomic E-state index is 11.2. The monoisotopic (exact) mass is 311 g/mol. The van der Waals surface area contributed by atoms with E-state index in [0.29, 0.717) is 26.0 Å². The molecule has 0 spiro atoms. The summed E-state index contributed by atoms with van der Waals surface area (Å²) in [5.74, 6) is 0. The highest BCUT2D eigenvalue weighted by molar-refractivity contribution is 5.67. The Morgan fingerprint density at radius 3 is 2.57 bits per heavy atom. The molecule has 0 aliphatic carbocycles. The van der Waals surface area contributed by atoms with Crippen LogP contribution in [0.25, 0.3) is 11.1 Å². The lowest BCUT2D eigenvalue weighted by Gasteiger charge is -2.38. The summed E-state index contributed by atoms with van der Waals surface area (Å²) in [6.45, 7) is 4.26. The van der Waals surface area contributed by atoms with Crippen molar-refractivity contribution in [3.8, 4) is 11.1 Å². The lowest BCUT2D eigenvalue weighted by atomic mass is 9.83. The van der Waals surface area contributed by atoms with Crippen LogP contribution >= 0.6 is 0 Å². The molecule has 1 fully saturated rings. The van der Waals surface area contributed by atoms with Crippen LogP contribution in [-0.2, 0) is 11.2 Å². The summed E-state index contributed by atoms with van der Waals surface area (Å²) in [6, 6.07) is 18.7. The summed E-state index contributed by atoms with van der Waals surface area (Å²) in [4.78, 5) is 0. The lowest BCUT2D eigenvalue weighted by Crippen LogP contribution is -2.54. The highest BCUT2D eigenvalue weighted by Gasteiger charge is 2.37. The van der Waals surface area contributed by atoms with Crippen molar-refractivity contribution in [3.05, 3.63) is 60.2 Å². The summed E-state index contributed by atoms with van der Waals surface area (Å²) in [6.07, 6.45) is 1.11. The maximum absolute atomic E-state index is 11.2. The van der Waals surface area contributed by atoms with Crippen molar-refractivity contribution >= 4 is 0 Å². The molecule has 0 amide bonds. The minimum Gasteiger partial charge on any atom is -0.387 e. The average Bonchev–Trinajstić information content (AvgIpc) is 2.63. The SMILES string of the molecule is CCC(O)(Cc1ccccc1-c1ccccc1)C1CNCCO1. The molecule has 0 saturated carbocycles. The molecule has 1 saturated heterocycles. The maximum Gasteiger partial charge on any atom is 0.0989 e. The smallest absolute Gasteiger partial charge is 0.0989 e. The zero-order chi connectivity index (χ0) is 16.1. The first kappa shape index (κ1) is 16.2. The fourth-order valence-electron chi connectivity index (χ4n) is 3.28. The van der Waals surface area contributed by atoms with E-state index >= 15 is 0 Å². The summed E-state index contributed by atoms with van der Waals surface area (Å²) in [7, 11) is 0. The van der Waals surface area contributed by atoms with Crippen LogP contribution < -0.4 is 5.32 Å². The summed E-state index contributed by atoms with van der Waals surface area (Å²) < 4.78 is 5.84. The van der Waals surface area contributed by atoms with Crippen LogP contribution in [0.3, 0.4) is 0 Å². The van der Waals surface area contributed by atoms with Gasteiger partial charge in [0.1, 0.15) is 0 Å². The Labute approximate surface area is 138 Å². The fourth-order valence-corrected chi connectivity index (χ4v) is 3.28. The standard InChI is InChI=1S/C20H25NO2/c1-2-20(22,19-15-21-12-13-23-19)14-17-10-6-7-11-18(17)16-8-4-3-5-9-16/h3-11,19,21-22H,2,12-15H2,1H3. The summed E-state index contributed by atoms with van der Waals surface area (Å²) >= 11 is 0. The molecular formula is C20H25NO2. The minimum absolute atomic E-state index is 0.162. The molecule has 23 heavy (non-hydrogen) atoms. The van der Waals surface area contributed by atoms with Crippen LogP contribution in [0.1, 0.15) is 18.9 Å². The Balaban J connectivity index is 1.89. The second-order valence-electron chi connectivity index (χ2n) is 6.22. The van der Waals surface area contributed by atoms with Gasteiger partial charge in [-0.05, 0) is 23.1 Å². The fraction of sp³-hybridized carbons (Fsp3) is 0.400. The van der Waals surface area contributed by atoms with Gasteiger partial charge in [-0.3, -0.25) is 0 Å². The molecule has 3 nitrogen and oxygen atoms in total. The van der Waals surface area contributed by atoms with Crippen LogP contribution in [0.4, 0.5) is 0 Å². The number of benzene rings is 2. The van der Waals surface area contributed by atoms with Gasteiger partial charge in [-0.1, -0.05) is 61.5 Å². The first-order chi connectivity index (χ1) is 11.2. The Bertz CT molecular complexity index is 623. The molecule has 2 atom stereocenters. The number of ether oxygens (including phenoxy) is 1. The Kier molecular flexibility index (Phi) is 5.11. The van der Waals surface area contributed by atoms with E-state index in [4.69, 9.17) is 4.74 Å². The number of aliphatic hydroxyl groups is 1. The van der Waals surface area contributed by atoms with Gasteiger partial charge in [-0.2, -0.15) is 0 Å². The number of hydrogen-bond donors (Lipinski definition) is 2. The third-order valence-corrected chi connectivity index (χ3v) is 4.74. The van der Waals surface area contributed by atoms with Crippen LogP contribution in [0.15, 0.2) is 54.6 Å². The van der Waals surface area contributed by atoms with Crippen molar-refractivity contribution < 1.29 is 9.84 Å². The average molecular weight is 311 g/mol. The van der Waals surface area contributed by atoms with Gasteiger partial charge >= 0.3 is 0 Å². The molecule has 0 bridgehead atoms. The van der Waals surface area contributed by atoms with Gasteiger partial charge in [0.15, 0.2) is 0 Å². The van der Waals surface area contributed by atoms with Gasteiger partial charge in [0.25, 0.3) is 0 Å². The van der Waals surface area contributed by atoms with E-state index < -0.39 is 5.60 Å². The Morgan fingerprint density at radius 2 is 1.87 bits per heavy atom. The zero-order valence-corrected chi connectivity index (χ0v) is 13.7. The van der Waals surface area contributed by atoms with E-state index in [1.165, 1.54) is 11.1 Å². The van der Waals surface area contributed by atoms with Crippen LogP contribution in [0.2, 0.25) is 0 Å². The molecule has 3 rings (SSSR count). The molecule has 2 aromatic rings. The molecule has 1 heterocycles. The molecule has 1 aliphatic heterocycles. The van der Waals surface area contributed by atoms with Gasteiger partial charge in [0, 0.05) is 19.5 Å². The summed E-state index contributed by atoms with van der Waals surface area (Å²) in [5, 5.41) is 14.5. The molecule has 2 unspecified atom stereocenters. The predicted octanol–water partition coefficient (Wildman–Crippen LogP) is 3.03. The molecule has 2 aromatic carbocycles. The van der Waals surface area contributed by atoms with Crippen molar-refractivity contribution in [2.24, 2.45) is 0 Å². The number of nitrogens with one attached hydrogen (secondary N) is 1. The molecule has 2 N–H and O–H groups in total. The molecular weight excluding hydrogens is 286 g/mol. The van der Waals surface area contributed by atoms with E-state index in [2.05, 4.69) is 35.6 Å². The molecule has 0 radical (unpaired) electrons. The molecule has 122 valence electrons. The second kappa shape index (κ2) is 7.26. The Morgan fingerprint density at radius 1 is 1.13 bits per heavy atom. The van der Waals surface area contributed by atoms with E-state index in [1.807, 2.05) is 31.2 Å². The van der Waals surface area contributed by atoms with E-state index in [0.717, 1.165) is 12.1 Å². The Hall–Kier alpha value is -1.68. The zero-order valence-electron chi connectivity index (χ0n) is 13.7. The normalized spacial score (nSPS) is 20.9. The molecule has 0 aromatic heterocycles. The van der Waals surface area contributed by atoms with Crippen LogP contribution in [0, 0.1) is 0 Å².